The minimum absolute atomic E-state index is 0.0990. The smallest absolute Gasteiger partial charge is 0.306 e. The summed E-state index contributed by atoms with van der Waals surface area (Å²) in [7, 11) is 0. The van der Waals surface area contributed by atoms with Gasteiger partial charge >= 0.3 is 5.97 Å². The van der Waals surface area contributed by atoms with E-state index in [0.29, 0.717) is 25.2 Å². The molecule has 0 aromatic heterocycles. The Hall–Kier alpha value is -1.12. The standard InChI is InChI=1S/C18H30O3/c1-4-5-6-9-16-15(10-11-17(16)19)13-18(20)21-12-7-8-14(2)3/h8,15-16H,4-7,9-13H2,1-3H3. The number of allylic oxidation sites excluding steroid dienone is 1. The predicted octanol–water partition coefficient (Wildman–Crippen LogP) is 4.45. The van der Waals surface area contributed by atoms with Crippen molar-refractivity contribution in [2.24, 2.45) is 11.8 Å². The van der Waals surface area contributed by atoms with Crippen molar-refractivity contribution in [2.75, 3.05) is 6.61 Å². The second-order valence-corrected chi connectivity index (χ2v) is 6.36. The first-order valence-electron chi connectivity index (χ1n) is 8.36. The maximum Gasteiger partial charge on any atom is 0.306 e. The van der Waals surface area contributed by atoms with Gasteiger partial charge in [-0.3, -0.25) is 9.59 Å². The molecule has 3 nitrogen and oxygen atoms in total. The Labute approximate surface area is 129 Å². The molecule has 0 amide bonds. The van der Waals surface area contributed by atoms with Crippen molar-refractivity contribution >= 4 is 11.8 Å². The van der Waals surface area contributed by atoms with Crippen LogP contribution >= 0.6 is 0 Å². The molecule has 1 rings (SSSR count). The van der Waals surface area contributed by atoms with Gasteiger partial charge in [0.15, 0.2) is 0 Å². The zero-order chi connectivity index (χ0) is 15.7. The zero-order valence-electron chi connectivity index (χ0n) is 13.8. The van der Waals surface area contributed by atoms with Crippen molar-refractivity contribution in [2.45, 2.75) is 72.1 Å². The number of esters is 1. The molecule has 0 N–H and O–H groups in total. The summed E-state index contributed by atoms with van der Waals surface area (Å²) in [5.74, 6) is 0.526. The lowest BCUT2D eigenvalue weighted by atomic mass is 9.88. The number of unbranched alkanes of at least 4 members (excludes halogenated alkanes) is 2. The number of carbonyl (C=O) groups is 2. The van der Waals surface area contributed by atoms with Gasteiger partial charge in [0, 0.05) is 18.8 Å². The average Bonchev–Trinajstić information content (AvgIpc) is 2.76. The fraction of sp³-hybridized carbons (Fsp3) is 0.778. The Morgan fingerprint density at radius 3 is 2.76 bits per heavy atom. The number of rotatable bonds is 9. The summed E-state index contributed by atoms with van der Waals surface area (Å²) in [6, 6.07) is 0. The predicted molar refractivity (Wildman–Crippen MR) is 85.0 cm³/mol. The molecule has 21 heavy (non-hydrogen) atoms. The molecule has 2 unspecified atom stereocenters. The van der Waals surface area contributed by atoms with Crippen LogP contribution in [-0.2, 0) is 14.3 Å². The van der Waals surface area contributed by atoms with Crippen LogP contribution in [0.2, 0.25) is 0 Å². The Bertz CT molecular complexity index is 367. The largest absolute Gasteiger partial charge is 0.465 e. The number of ketones is 1. The summed E-state index contributed by atoms with van der Waals surface area (Å²) >= 11 is 0. The molecule has 0 bridgehead atoms. The molecule has 0 spiro atoms. The van der Waals surface area contributed by atoms with Gasteiger partial charge in [-0.2, -0.15) is 0 Å². The van der Waals surface area contributed by atoms with Crippen LogP contribution in [0.25, 0.3) is 0 Å². The molecule has 1 saturated carbocycles. The lowest BCUT2D eigenvalue weighted by Gasteiger charge is -2.17. The van der Waals surface area contributed by atoms with E-state index in [0.717, 1.165) is 32.1 Å². The number of Topliss-reactive ketones (excluding diaryl/α,β-unsaturated/α-hetero) is 1. The number of hydrogen-bond acceptors (Lipinski definition) is 3. The average molecular weight is 294 g/mol. The van der Waals surface area contributed by atoms with Crippen LogP contribution in [-0.4, -0.2) is 18.4 Å². The van der Waals surface area contributed by atoms with Crippen molar-refractivity contribution in [3.05, 3.63) is 11.6 Å². The molecule has 1 fully saturated rings. The topological polar surface area (TPSA) is 43.4 Å². The van der Waals surface area contributed by atoms with Crippen LogP contribution in [0.3, 0.4) is 0 Å². The molecule has 2 atom stereocenters. The Balaban J connectivity index is 2.32. The molecule has 1 aliphatic carbocycles. The van der Waals surface area contributed by atoms with Crippen LogP contribution in [0.15, 0.2) is 11.6 Å². The van der Waals surface area contributed by atoms with Crippen molar-refractivity contribution in [1.29, 1.82) is 0 Å². The number of hydrogen-bond donors (Lipinski definition) is 0. The lowest BCUT2D eigenvalue weighted by Crippen LogP contribution is -2.19. The second kappa shape index (κ2) is 9.75. The van der Waals surface area contributed by atoms with Crippen LogP contribution in [0.4, 0.5) is 0 Å². The van der Waals surface area contributed by atoms with Crippen molar-refractivity contribution in [3.63, 3.8) is 0 Å². The van der Waals surface area contributed by atoms with Crippen molar-refractivity contribution in [1.82, 2.24) is 0 Å². The lowest BCUT2D eigenvalue weighted by molar-refractivity contribution is -0.145. The summed E-state index contributed by atoms with van der Waals surface area (Å²) in [6.07, 6.45) is 9.14. The third-order valence-electron chi connectivity index (χ3n) is 4.23. The van der Waals surface area contributed by atoms with Crippen LogP contribution in [0, 0.1) is 11.8 Å². The first-order chi connectivity index (χ1) is 10.0. The maximum absolute atomic E-state index is 11.9. The molecule has 0 aromatic rings. The quantitative estimate of drug-likeness (QED) is 0.358. The SMILES string of the molecule is CCCCCC1C(=O)CCC1CC(=O)OCCC=C(C)C. The molecule has 0 aliphatic heterocycles. The number of carbonyl (C=O) groups excluding carboxylic acids is 2. The highest BCUT2D eigenvalue weighted by Gasteiger charge is 2.35. The molecule has 0 heterocycles. The fourth-order valence-corrected chi connectivity index (χ4v) is 3.03. The van der Waals surface area contributed by atoms with Gasteiger partial charge < -0.3 is 4.74 Å². The molecule has 0 radical (unpaired) electrons. The summed E-state index contributed by atoms with van der Waals surface area (Å²) in [5.41, 5.74) is 1.24. The third kappa shape index (κ3) is 6.92. The normalized spacial score (nSPS) is 21.4. The van der Waals surface area contributed by atoms with Gasteiger partial charge in [-0.15, -0.1) is 0 Å². The van der Waals surface area contributed by atoms with Gasteiger partial charge in [-0.05, 0) is 39.0 Å². The summed E-state index contributed by atoms with van der Waals surface area (Å²) < 4.78 is 5.27. The third-order valence-corrected chi connectivity index (χ3v) is 4.23. The molecular formula is C18H30O3. The van der Waals surface area contributed by atoms with E-state index >= 15 is 0 Å². The van der Waals surface area contributed by atoms with Crippen LogP contribution < -0.4 is 0 Å². The van der Waals surface area contributed by atoms with E-state index in [1.165, 1.54) is 12.0 Å². The van der Waals surface area contributed by atoms with Crippen molar-refractivity contribution < 1.29 is 14.3 Å². The Morgan fingerprint density at radius 2 is 2.10 bits per heavy atom. The molecular weight excluding hydrogens is 264 g/mol. The van der Waals surface area contributed by atoms with Crippen LogP contribution in [0.5, 0.6) is 0 Å². The highest BCUT2D eigenvalue weighted by Crippen LogP contribution is 2.35. The van der Waals surface area contributed by atoms with Crippen LogP contribution in [0.1, 0.15) is 72.1 Å². The van der Waals surface area contributed by atoms with E-state index in [9.17, 15) is 9.59 Å². The van der Waals surface area contributed by atoms with E-state index < -0.39 is 0 Å². The highest BCUT2D eigenvalue weighted by atomic mass is 16.5. The van der Waals surface area contributed by atoms with Crippen molar-refractivity contribution in [3.8, 4) is 0 Å². The van der Waals surface area contributed by atoms with E-state index in [4.69, 9.17) is 4.74 Å². The summed E-state index contributed by atoms with van der Waals surface area (Å²) in [5, 5.41) is 0. The van der Waals surface area contributed by atoms with Gasteiger partial charge in [-0.1, -0.05) is 37.8 Å². The minimum atomic E-state index is -0.141. The fourth-order valence-electron chi connectivity index (χ4n) is 3.03. The number of ether oxygens (including phenoxy) is 1. The second-order valence-electron chi connectivity index (χ2n) is 6.36. The molecule has 0 aromatic carbocycles. The summed E-state index contributed by atoms with van der Waals surface area (Å²) in [4.78, 5) is 23.8. The van der Waals surface area contributed by atoms with E-state index in [1.807, 2.05) is 13.8 Å². The first-order valence-corrected chi connectivity index (χ1v) is 8.36. The molecule has 0 saturated heterocycles. The maximum atomic E-state index is 11.9. The van der Waals surface area contributed by atoms with Gasteiger partial charge in [-0.25, -0.2) is 0 Å². The first kappa shape index (κ1) is 17.9. The van der Waals surface area contributed by atoms with Gasteiger partial charge in [0.25, 0.3) is 0 Å². The highest BCUT2D eigenvalue weighted by molar-refractivity contribution is 5.84. The van der Waals surface area contributed by atoms with Gasteiger partial charge in [0.05, 0.1) is 6.61 Å². The molecule has 3 heteroatoms. The Morgan fingerprint density at radius 1 is 1.33 bits per heavy atom. The van der Waals surface area contributed by atoms with E-state index in [2.05, 4.69) is 13.0 Å². The zero-order valence-corrected chi connectivity index (χ0v) is 13.8. The van der Waals surface area contributed by atoms with Gasteiger partial charge in [0.1, 0.15) is 5.78 Å². The minimum Gasteiger partial charge on any atom is -0.465 e. The monoisotopic (exact) mass is 294 g/mol. The van der Waals surface area contributed by atoms with Gasteiger partial charge in [0.2, 0.25) is 0 Å². The Kier molecular flexibility index (Phi) is 8.33. The summed E-state index contributed by atoms with van der Waals surface area (Å²) in [6.45, 7) is 6.68. The van der Waals surface area contributed by atoms with E-state index in [1.54, 1.807) is 0 Å². The molecule has 120 valence electrons. The molecule has 1 aliphatic rings. The van der Waals surface area contributed by atoms with E-state index in [-0.39, 0.29) is 17.8 Å².